The van der Waals surface area contributed by atoms with E-state index in [0.717, 1.165) is 0 Å². The molecule has 1 rings (SSSR count). The maximum atomic E-state index is 11.4. The monoisotopic (exact) mass is 273 g/mol. The molecule has 98 valence electrons. The number of methoxy groups -OCH3 is 2. The van der Waals surface area contributed by atoms with Crippen LogP contribution in [-0.2, 0) is 9.59 Å². The number of carboxylic acid groups (broad SMARTS) is 1. The second-order valence-corrected chi connectivity index (χ2v) is 3.71. The highest BCUT2D eigenvalue weighted by atomic mass is 35.5. The molecular weight excluding hydrogens is 262 g/mol. The minimum Gasteiger partial charge on any atom is -0.495 e. The summed E-state index contributed by atoms with van der Waals surface area (Å²) >= 11 is 5.89. The SMILES string of the molecule is COc1cc(NC(=O)CC(=O)O)c(OC)cc1Cl. The molecule has 2 N–H and O–H groups in total. The molecule has 1 aromatic carbocycles. The Kier molecular flexibility index (Phi) is 4.79. The summed E-state index contributed by atoms with van der Waals surface area (Å²) in [5, 5.41) is 11.2. The summed E-state index contributed by atoms with van der Waals surface area (Å²) < 4.78 is 10.0. The Labute approximate surface area is 108 Å². The lowest BCUT2D eigenvalue weighted by Gasteiger charge is -2.12. The molecule has 0 radical (unpaired) electrons. The highest BCUT2D eigenvalue weighted by molar-refractivity contribution is 6.32. The van der Waals surface area contributed by atoms with Crippen LogP contribution < -0.4 is 14.8 Å². The summed E-state index contributed by atoms with van der Waals surface area (Å²) in [4.78, 5) is 21.7. The summed E-state index contributed by atoms with van der Waals surface area (Å²) in [5.74, 6) is -1.21. The van der Waals surface area contributed by atoms with Crippen molar-refractivity contribution in [3.63, 3.8) is 0 Å². The Morgan fingerprint density at radius 2 is 1.89 bits per heavy atom. The molecule has 0 aromatic heterocycles. The third kappa shape index (κ3) is 3.53. The molecule has 6 nitrogen and oxygen atoms in total. The van der Waals surface area contributed by atoms with E-state index in [1.54, 1.807) is 0 Å². The first-order valence-corrected chi connectivity index (χ1v) is 5.29. The van der Waals surface area contributed by atoms with Crippen molar-refractivity contribution >= 4 is 29.2 Å². The Balaban J connectivity index is 2.99. The number of nitrogens with one attached hydrogen (secondary N) is 1. The van der Waals surface area contributed by atoms with E-state index in [-0.39, 0.29) is 0 Å². The van der Waals surface area contributed by atoms with Gasteiger partial charge in [0.05, 0.1) is 24.9 Å². The predicted octanol–water partition coefficient (Wildman–Crippen LogP) is 1.77. The van der Waals surface area contributed by atoms with Gasteiger partial charge in [-0.3, -0.25) is 9.59 Å². The lowest BCUT2D eigenvalue weighted by atomic mass is 10.2. The van der Waals surface area contributed by atoms with Crippen molar-refractivity contribution in [3.05, 3.63) is 17.2 Å². The molecular formula is C11H12ClNO5. The topological polar surface area (TPSA) is 84.9 Å². The molecule has 0 saturated heterocycles. The van der Waals surface area contributed by atoms with Gasteiger partial charge < -0.3 is 19.9 Å². The first kappa shape index (κ1) is 14.1. The molecule has 0 aliphatic heterocycles. The van der Waals surface area contributed by atoms with Gasteiger partial charge >= 0.3 is 5.97 Å². The third-order valence-electron chi connectivity index (χ3n) is 2.06. The number of anilines is 1. The Hall–Kier alpha value is -1.95. The summed E-state index contributed by atoms with van der Waals surface area (Å²) in [7, 11) is 2.83. The van der Waals surface area contributed by atoms with Crippen molar-refractivity contribution in [1.82, 2.24) is 0 Å². The van der Waals surface area contributed by atoms with E-state index in [1.807, 2.05) is 0 Å². The molecule has 0 fully saturated rings. The molecule has 0 aliphatic rings. The average Bonchev–Trinajstić information content (AvgIpc) is 2.29. The second kappa shape index (κ2) is 6.11. The fourth-order valence-electron chi connectivity index (χ4n) is 1.29. The molecule has 0 atom stereocenters. The number of amides is 1. The predicted molar refractivity (Wildman–Crippen MR) is 65.4 cm³/mol. The molecule has 18 heavy (non-hydrogen) atoms. The van der Waals surface area contributed by atoms with Crippen LogP contribution in [0.5, 0.6) is 11.5 Å². The molecule has 0 spiro atoms. The summed E-state index contributed by atoms with van der Waals surface area (Å²) in [5.41, 5.74) is 0.296. The molecule has 0 aliphatic carbocycles. The van der Waals surface area contributed by atoms with Crippen LogP contribution in [0.1, 0.15) is 6.42 Å². The van der Waals surface area contributed by atoms with E-state index >= 15 is 0 Å². The number of hydrogen-bond donors (Lipinski definition) is 2. The lowest BCUT2D eigenvalue weighted by molar-refractivity contribution is -0.139. The summed E-state index contributed by atoms with van der Waals surface area (Å²) in [6.45, 7) is 0. The molecule has 1 aromatic rings. The quantitative estimate of drug-likeness (QED) is 0.799. The van der Waals surface area contributed by atoms with Crippen molar-refractivity contribution < 1.29 is 24.2 Å². The number of halogens is 1. The van der Waals surface area contributed by atoms with Crippen molar-refractivity contribution in [3.8, 4) is 11.5 Å². The van der Waals surface area contributed by atoms with E-state index in [4.69, 9.17) is 26.2 Å². The van der Waals surface area contributed by atoms with Crippen LogP contribution in [0.4, 0.5) is 5.69 Å². The lowest BCUT2D eigenvalue weighted by Crippen LogP contribution is -2.16. The van der Waals surface area contributed by atoms with Gasteiger partial charge in [-0.2, -0.15) is 0 Å². The maximum absolute atomic E-state index is 11.4. The van der Waals surface area contributed by atoms with E-state index in [9.17, 15) is 9.59 Å². The Bertz CT molecular complexity index is 475. The van der Waals surface area contributed by atoms with Gasteiger partial charge in [-0.25, -0.2) is 0 Å². The Morgan fingerprint density at radius 3 is 2.39 bits per heavy atom. The van der Waals surface area contributed by atoms with Crippen LogP contribution in [-0.4, -0.2) is 31.2 Å². The van der Waals surface area contributed by atoms with Crippen LogP contribution in [0.3, 0.4) is 0 Å². The Morgan fingerprint density at radius 1 is 1.28 bits per heavy atom. The number of benzene rings is 1. The zero-order valence-corrected chi connectivity index (χ0v) is 10.6. The molecule has 0 unspecified atom stereocenters. The first-order valence-electron chi connectivity index (χ1n) is 4.91. The van der Waals surface area contributed by atoms with Gasteiger partial charge in [0.15, 0.2) is 0 Å². The van der Waals surface area contributed by atoms with Gasteiger partial charge in [0.1, 0.15) is 17.9 Å². The standard InChI is InChI=1S/C11H12ClNO5/c1-17-8-4-7(9(18-2)3-6(8)12)13-10(14)5-11(15)16/h3-4H,5H2,1-2H3,(H,13,14)(H,15,16). The highest BCUT2D eigenvalue weighted by Crippen LogP contribution is 2.35. The fourth-order valence-corrected chi connectivity index (χ4v) is 1.52. The van der Waals surface area contributed by atoms with E-state index in [1.165, 1.54) is 26.4 Å². The van der Waals surface area contributed by atoms with Gasteiger partial charge in [0.25, 0.3) is 0 Å². The smallest absolute Gasteiger partial charge is 0.312 e. The van der Waals surface area contributed by atoms with Gasteiger partial charge in [-0.05, 0) is 0 Å². The highest BCUT2D eigenvalue weighted by Gasteiger charge is 2.14. The van der Waals surface area contributed by atoms with Crippen molar-refractivity contribution in [2.45, 2.75) is 6.42 Å². The van der Waals surface area contributed by atoms with Gasteiger partial charge in [0.2, 0.25) is 5.91 Å². The zero-order valence-electron chi connectivity index (χ0n) is 9.82. The van der Waals surface area contributed by atoms with Gasteiger partial charge in [0, 0.05) is 12.1 Å². The minimum atomic E-state index is -1.22. The van der Waals surface area contributed by atoms with Gasteiger partial charge in [-0.1, -0.05) is 11.6 Å². The van der Waals surface area contributed by atoms with E-state index < -0.39 is 18.3 Å². The van der Waals surface area contributed by atoms with Crippen LogP contribution in [0.2, 0.25) is 5.02 Å². The second-order valence-electron chi connectivity index (χ2n) is 3.31. The van der Waals surface area contributed by atoms with Crippen LogP contribution >= 0.6 is 11.6 Å². The molecule has 0 bridgehead atoms. The number of carbonyl (C=O) groups excluding carboxylic acids is 1. The van der Waals surface area contributed by atoms with E-state index in [0.29, 0.717) is 22.2 Å². The van der Waals surface area contributed by atoms with Crippen molar-refractivity contribution in [2.75, 3.05) is 19.5 Å². The zero-order chi connectivity index (χ0) is 13.7. The maximum Gasteiger partial charge on any atom is 0.312 e. The van der Waals surface area contributed by atoms with Crippen molar-refractivity contribution in [2.24, 2.45) is 0 Å². The van der Waals surface area contributed by atoms with Gasteiger partial charge in [-0.15, -0.1) is 0 Å². The fraction of sp³-hybridized carbons (Fsp3) is 0.273. The normalized spacial score (nSPS) is 9.72. The van der Waals surface area contributed by atoms with Crippen molar-refractivity contribution in [1.29, 1.82) is 0 Å². The molecule has 1 amide bonds. The summed E-state index contributed by atoms with van der Waals surface area (Å²) in [6, 6.07) is 2.93. The number of carboxylic acids is 1. The number of aliphatic carboxylic acids is 1. The van der Waals surface area contributed by atoms with Crippen LogP contribution in [0, 0.1) is 0 Å². The van der Waals surface area contributed by atoms with Crippen LogP contribution in [0.15, 0.2) is 12.1 Å². The molecule has 7 heteroatoms. The summed E-state index contributed by atoms with van der Waals surface area (Å²) in [6.07, 6.45) is -0.631. The molecule has 0 heterocycles. The first-order chi connectivity index (χ1) is 8.47. The largest absolute Gasteiger partial charge is 0.495 e. The van der Waals surface area contributed by atoms with Crippen LogP contribution in [0.25, 0.3) is 0 Å². The average molecular weight is 274 g/mol. The molecule has 0 saturated carbocycles. The number of carbonyl (C=O) groups is 2. The van der Waals surface area contributed by atoms with E-state index in [2.05, 4.69) is 5.32 Å². The number of ether oxygens (including phenoxy) is 2. The third-order valence-corrected chi connectivity index (χ3v) is 2.36. The number of rotatable bonds is 5. The minimum absolute atomic E-state index is 0.296. The number of hydrogen-bond acceptors (Lipinski definition) is 4.